The number of rotatable bonds is 5. The molecular formula is C24H20F3N3O2S2. The van der Waals surface area contributed by atoms with Crippen molar-refractivity contribution in [2.45, 2.75) is 24.5 Å². The van der Waals surface area contributed by atoms with E-state index in [-0.39, 0.29) is 10.6 Å². The van der Waals surface area contributed by atoms with E-state index < -0.39 is 21.8 Å². The number of aryl methyl sites for hydroxylation is 1. The molecule has 5 nitrogen and oxygen atoms in total. The van der Waals surface area contributed by atoms with Crippen molar-refractivity contribution in [3.8, 4) is 11.3 Å². The van der Waals surface area contributed by atoms with E-state index in [1.165, 1.54) is 35.6 Å². The summed E-state index contributed by atoms with van der Waals surface area (Å²) in [6.45, 7) is 2.31. The van der Waals surface area contributed by atoms with E-state index in [9.17, 15) is 21.6 Å². The van der Waals surface area contributed by atoms with Crippen LogP contribution in [0.15, 0.2) is 88.1 Å². The second-order valence-electron chi connectivity index (χ2n) is 7.70. The Kier molecular flexibility index (Phi) is 6.48. The molecule has 0 aliphatic rings. The second-order valence-corrected chi connectivity index (χ2v) is 10.1. The van der Waals surface area contributed by atoms with Crippen molar-refractivity contribution < 1.29 is 21.6 Å². The van der Waals surface area contributed by atoms with Crippen LogP contribution >= 0.6 is 11.3 Å². The molecule has 0 spiro atoms. The van der Waals surface area contributed by atoms with Gasteiger partial charge in [0.05, 0.1) is 28.4 Å². The number of halogens is 3. The van der Waals surface area contributed by atoms with Gasteiger partial charge in [-0.15, -0.1) is 11.3 Å². The molecule has 0 saturated carbocycles. The lowest BCUT2D eigenvalue weighted by molar-refractivity contribution is -0.137. The third kappa shape index (κ3) is 5.46. The fourth-order valence-electron chi connectivity index (χ4n) is 3.36. The Morgan fingerprint density at radius 2 is 1.68 bits per heavy atom. The van der Waals surface area contributed by atoms with Gasteiger partial charge in [0.25, 0.3) is 0 Å². The molecule has 0 unspecified atom stereocenters. The Balaban J connectivity index is 1.82. The zero-order chi connectivity index (χ0) is 24.5. The maximum absolute atomic E-state index is 13.2. The van der Waals surface area contributed by atoms with Gasteiger partial charge in [0.1, 0.15) is 0 Å². The first-order valence-corrected chi connectivity index (χ1v) is 12.5. The average molecular weight is 504 g/mol. The van der Waals surface area contributed by atoms with Crippen molar-refractivity contribution in [3.63, 3.8) is 0 Å². The first kappa shape index (κ1) is 23.9. The fraction of sp³-hybridized carbons (Fsp3) is 0.125. The first-order valence-electron chi connectivity index (χ1n) is 10.1. The molecular weight excluding hydrogens is 483 g/mol. The zero-order valence-corrected chi connectivity index (χ0v) is 19.6. The van der Waals surface area contributed by atoms with Crippen molar-refractivity contribution >= 4 is 27.0 Å². The summed E-state index contributed by atoms with van der Waals surface area (Å²) in [6.07, 6.45) is -4.46. The molecule has 0 saturated heterocycles. The van der Waals surface area contributed by atoms with Crippen LogP contribution in [0.25, 0.3) is 11.3 Å². The molecule has 0 radical (unpaired) electrons. The van der Waals surface area contributed by atoms with Crippen LogP contribution < -0.4 is 9.94 Å². The molecule has 4 rings (SSSR count). The van der Waals surface area contributed by atoms with Gasteiger partial charge in [-0.05, 0) is 48.4 Å². The predicted molar refractivity (Wildman–Crippen MR) is 126 cm³/mol. The molecule has 0 fully saturated rings. The molecule has 34 heavy (non-hydrogen) atoms. The number of aromatic nitrogens is 1. The minimum absolute atomic E-state index is 0.000738. The molecule has 10 heteroatoms. The monoisotopic (exact) mass is 503 g/mol. The first-order chi connectivity index (χ1) is 16.0. The summed E-state index contributed by atoms with van der Waals surface area (Å²) < 4.78 is 64.5. The lowest BCUT2D eigenvalue weighted by Crippen LogP contribution is -2.17. The molecule has 176 valence electrons. The van der Waals surface area contributed by atoms with Gasteiger partial charge in [-0.1, -0.05) is 48.0 Å². The normalized spacial score (nSPS) is 12.8. The third-order valence-electron chi connectivity index (χ3n) is 5.14. The standard InChI is InChI=1S/C24H20F3N3O2S2/c1-16-5-9-18(10-6-16)22-15-33-23(29-20-4-2-3-19(13-20)24(25,26)27)30(22)14-17-7-11-21(12-8-17)34(28,31)32/h2-13,15H,14H2,1H3,(H2,28,31,32). The number of thiazole rings is 1. The second kappa shape index (κ2) is 9.21. The van der Waals surface area contributed by atoms with Gasteiger partial charge in [-0.25, -0.2) is 18.5 Å². The van der Waals surface area contributed by atoms with Gasteiger partial charge in [0.15, 0.2) is 4.80 Å². The molecule has 1 aromatic heterocycles. The van der Waals surface area contributed by atoms with E-state index >= 15 is 0 Å². The molecule has 0 bridgehead atoms. The quantitative estimate of drug-likeness (QED) is 0.392. The number of nitrogens with zero attached hydrogens (tertiary/aromatic N) is 2. The van der Waals surface area contributed by atoms with E-state index in [0.29, 0.717) is 11.3 Å². The minimum Gasteiger partial charge on any atom is -0.312 e. The Labute approximate surface area is 198 Å². The summed E-state index contributed by atoms with van der Waals surface area (Å²) >= 11 is 1.31. The topological polar surface area (TPSA) is 77.5 Å². The van der Waals surface area contributed by atoms with Crippen LogP contribution in [0, 0.1) is 6.92 Å². The predicted octanol–water partition coefficient (Wildman–Crippen LogP) is 5.47. The maximum Gasteiger partial charge on any atom is 0.416 e. The van der Waals surface area contributed by atoms with Gasteiger partial charge >= 0.3 is 6.18 Å². The third-order valence-corrected chi connectivity index (χ3v) is 6.93. The Hall–Kier alpha value is -3.21. The molecule has 0 atom stereocenters. The molecule has 1 heterocycles. The van der Waals surface area contributed by atoms with Gasteiger partial charge in [0, 0.05) is 5.38 Å². The van der Waals surface area contributed by atoms with Crippen LogP contribution in [0.5, 0.6) is 0 Å². The number of hydrogen-bond donors (Lipinski definition) is 1. The highest BCUT2D eigenvalue weighted by atomic mass is 32.2. The number of nitrogens with two attached hydrogens (primary N) is 1. The number of sulfonamides is 1. The van der Waals surface area contributed by atoms with E-state index in [1.54, 1.807) is 12.1 Å². The molecule has 2 N–H and O–H groups in total. The largest absolute Gasteiger partial charge is 0.416 e. The molecule has 3 aromatic carbocycles. The molecule has 0 aliphatic carbocycles. The number of primary sulfonamides is 1. The van der Waals surface area contributed by atoms with Crippen LogP contribution in [0.1, 0.15) is 16.7 Å². The van der Waals surface area contributed by atoms with Crippen LogP contribution in [0.4, 0.5) is 18.9 Å². The van der Waals surface area contributed by atoms with Crippen LogP contribution in [0.2, 0.25) is 0 Å². The molecule has 0 aliphatic heterocycles. The number of benzene rings is 3. The Morgan fingerprint density at radius 3 is 2.29 bits per heavy atom. The van der Waals surface area contributed by atoms with Crippen molar-refractivity contribution in [2.75, 3.05) is 0 Å². The Bertz CT molecular complexity index is 1490. The van der Waals surface area contributed by atoms with E-state index in [0.717, 1.165) is 34.5 Å². The van der Waals surface area contributed by atoms with Crippen LogP contribution in [-0.4, -0.2) is 13.0 Å². The molecule has 0 amide bonds. The van der Waals surface area contributed by atoms with Crippen molar-refractivity contribution in [3.05, 3.63) is 99.7 Å². The van der Waals surface area contributed by atoms with E-state index in [2.05, 4.69) is 4.99 Å². The van der Waals surface area contributed by atoms with Crippen molar-refractivity contribution in [1.29, 1.82) is 0 Å². The number of hydrogen-bond acceptors (Lipinski definition) is 4. The van der Waals surface area contributed by atoms with Gasteiger partial charge in [0.2, 0.25) is 10.0 Å². The SMILES string of the molecule is Cc1ccc(-c2csc(=Nc3cccc(C(F)(F)F)c3)n2Cc2ccc(S(N)(=O)=O)cc2)cc1. The summed E-state index contributed by atoms with van der Waals surface area (Å²) in [6, 6.07) is 18.9. The summed E-state index contributed by atoms with van der Waals surface area (Å²) in [5, 5.41) is 7.08. The highest BCUT2D eigenvalue weighted by molar-refractivity contribution is 7.89. The average Bonchev–Trinajstić information content (AvgIpc) is 3.15. The van der Waals surface area contributed by atoms with Crippen LogP contribution in [0.3, 0.4) is 0 Å². The van der Waals surface area contributed by atoms with E-state index in [4.69, 9.17) is 5.14 Å². The van der Waals surface area contributed by atoms with E-state index in [1.807, 2.05) is 41.1 Å². The fourth-order valence-corrected chi connectivity index (χ4v) is 4.80. The Morgan fingerprint density at radius 1 is 1.00 bits per heavy atom. The lowest BCUT2D eigenvalue weighted by Gasteiger charge is -2.11. The van der Waals surface area contributed by atoms with Crippen LogP contribution in [-0.2, 0) is 22.7 Å². The summed E-state index contributed by atoms with van der Waals surface area (Å²) in [4.78, 5) is 5.00. The minimum atomic E-state index is -4.46. The van der Waals surface area contributed by atoms with Crippen molar-refractivity contribution in [1.82, 2.24) is 4.57 Å². The summed E-state index contributed by atoms with van der Waals surface area (Å²) in [5.41, 5.74) is 3.06. The summed E-state index contributed by atoms with van der Waals surface area (Å²) in [7, 11) is -3.82. The van der Waals surface area contributed by atoms with Gasteiger partial charge < -0.3 is 4.57 Å². The smallest absolute Gasteiger partial charge is 0.312 e. The zero-order valence-electron chi connectivity index (χ0n) is 18.0. The maximum atomic E-state index is 13.2. The van der Waals surface area contributed by atoms with Gasteiger partial charge in [-0.3, -0.25) is 0 Å². The van der Waals surface area contributed by atoms with Crippen molar-refractivity contribution in [2.24, 2.45) is 10.1 Å². The van der Waals surface area contributed by atoms with Gasteiger partial charge in [-0.2, -0.15) is 13.2 Å². The number of alkyl halides is 3. The molecule has 4 aromatic rings. The highest BCUT2D eigenvalue weighted by Gasteiger charge is 2.30. The lowest BCUT2D eigenvalue weighted by atomic mass is 10.1. The highest BCUT2D eigenvalue weighted by Crippen LogP contribution is 2.31. The summed E-state index contributed by atoms with van der Waals surface area (Å²) in [5.74, 6) is 0.